The van der Waals surface area contributed by atoms with Crippen molar-refractivity contribution in [3.05, 3.63) is 95.3 Å². The zero-order valence-electron chi connectivity index (χ0n) is 17.4. The molecule has 0 amide bonds. The second kappa shape index (κ2) is 8.44. The van der Waals surface area contributed by atoms with Crippen molar-refractivity contribution < 1.29 is 0 Å². The summed E-state index contributed by atoms with van der Waals surface area (Å²) in [5.74, 6) is 0. The minimum atomic E-state index is 0.834. The highest BCUT2D eigenvalue weighted by molar-refractivity contribution is 6.16. The van der Waals surface area contributed by atoms with E-state index in [1.54, 1.807) is 0 Å². The van der Waals surface area contributed by atoms with E-state index >= 15 is 0 Å². The van der Waals surface area contributed by atoms with Crippen LogP contribution in [-0.4, -0.2) is 23.8 Å². The predicted octanol–water partition coefficient (Wildman–Crippen LogP) is 6.00. The topological polar surface area (TPSA) is 28.5 Å². The number of benzene rings is 2. The molecule has 3 heteroatoms. The van der Waals surface area contributed by atoms with Crippen LogP contribution < -0.4 is 4.90 Å². The Morgan fingerprint density at radius 3 is 2.00 bits per heavy atom. The maximum atomic E-state index is 5.08. The Kier molecular flexibility index (Phi) is 5.57. The molecule has 0 saturated carbocycles. The number of nitrogens with zero attached hydrogens (tertiary/aromatic N) is 3. The van der Waals surface area contributed by atoms with Crippen molar-refractivity contribution in [2.45, 2.75) is 27.2 Å². The van der Waals surface area contributed by atoms with Crippen molar-refractivity contribution in [1.82, 2.24) is 4.98 Å². The Morgan fingerprint density at radius 1 is 0.759 bits per heavy atom. The molecule has 0 spiro atoms. The largest absolute Gasteiger partial charge is 0.372 e. The minimum absolute atomic E-state index is 0.834. The van der Waals surface area contributed by atoms with Gasteiger partial charge in [-0.25, -0.2) is 0 Å². The van der Waals surface area contributed by atoms with Gasteiger partial charge in [0.05, 0.1) is 11.4 Å². The smallest absolute Gasteiger partial charge is 0.0747 e. The van der Waals surface area contributed by atoms with Crippen LogP contribution in [0.5, 0.6) is 0 Å². The summed E-state index contributed by atoms with van der Waals surface area (Å²) in [7, 11) is 0. The number of pyridine rings is 1. The van der Waals surface area contributed by atoms with Gasteiger partial charge in [-0.2, -0.15) is 0 Å². The van der Waals surface area contributed by atoms with E-state index in [1.807, 2.05) is 24.5 Å². The fourth-order valence-corrected chi connectivity index (χ4v) is 3.86. The molecule has 3 nitrogen and oxygen atoms in total. The molecule has 4 rings (SSSR count). The number of aromatic nitrogens is 1. The van der Waals surface area contributed by atoms with Gasteiger partial charge in [0.2, 0.25) is 0 Å². The van der Waals surface area contributed by atoms with Gasteiger partial charge in [0.15, 0.2) is 0 Å². The van der Waals surface area contributed by atoms with Gasteiger partial charge < -0.3 is 4.90 Å². The van der Waals surface area contributed by atoms with Gasteiger partial charge in [0.25, 0.3) is 0 Å². The lowest BCUT2D eigenvalue weighted by molar-refractivity contribution is 0.866. The first-order valence-corrected chi connectivity index (χ1v) is 10.3. The highest BCUT2D eigenvalue weighted by atomic mass is 15.1. The van der Waals surface area contributed by atoms with E-state index in [2.05, 4.69) is 79.2 Å². The Bertz CT molecular complexity index is 1030. The van der Waals surface area contributed by atoms with Crippen LogP contribution in [0.1, 0.15) is 42.5 Å². The zero-order chi connectivity index (χ0) is 20.2. The van der Waals surface area contributed by atoms with E-state index in [0.29, 0.717) is 0 Å². The first kappa shape index (κ1) is 19.1. The molecule has 0 aliphatic carbocycles. The third-order valence-corrected chi connectivity index (χ3v) is 5.56. The van der Waals surface area contributed by atoms with Crippen molar-refractivity contribution >= 4 is 22.7 Å². The first-order valence-electron chi connectivity index (χ1n) is 10.3. The lowest BCUT2D eigenvalue weighted by Gasteiger charge is -2.21. The van der Waals surface area contributed by atoms with Crippen LogP contribution in [0, 0.1) is 6.92 Å². The molecule has 3 aromatic rings. The number of aryl methyl sites for hydroxylation is 1. The molecule has 0 fully saturated rings. The molecule has 0 unspecified atom stereocenters. The third-order valence-electron chi connectivity index (χ3n) is 5.56. The Hall–Kier alpha value is -3.20. The van der Waals surface area contributed by atoms with Crippen LogP contribution in [0.3, 0.4) is 0 Å². The highest BCUT2D eigenvalue weighted by Gasteiger charge is 2.22. The molecule has 0 saturated heterocycles. The fraction of sp³-hybridized carbons (Fsp3) is 0.231. The summed E-state index contributed by atoms with van der Waals surface area (Å²) in [6.45, 7) is 8.53. The molecule has 0 N–H and O–H groups in total. The van der Waals surface area contributed by atoms with Crippen LogP contribution in [-0.2, 0) is 0 Å². The average Bonchev–Trinajstić information content (AvgIpc) is 3.22. The molecule has 2 heterocycles. The van der Waals surface area contributed by atoms with Crippen molar-refractivity contribution in [1.29, 1.82) is 0 Å². The van der Waals surface area contributed by atoms with E-state index in [9.17, 15) is 0 Å². The molecule has 0 bridgehead atoms. The van der Waals surface area contributed by atoms with Gasteiger partial charge in [-0.3, -0.25) is 9.98 Å². The van der Waals surface area contributed by atoms with Crippen LogP contribution >= 0.6 is 0 Å². The maximum Gasteiger partial charge on any atom is 0.0747 e. The lowest BCUT2D eigenvalue weighted by Crippen LogP contribution is -2.21. The van der Waals surface area contributed by atoms with Gasteiger partial charge >= 0.3 is 0 Å². The van der Waals surface area contributed by atoms with Crippen molar-refractivity contribution in [3.63, 3.8) is 0 Å². The molecule has 146 valence electrons. The number of allylic oxidation sites excluding steroid dienone is 1. The molecule has 0 atom stereocenters. The van der Waals surface area contributed by atoms with Gasteiger partial charge in [-0.15, -0.1) is 0 Å². The molecular weight excluding hydrogens is 354 g/mol. The number of anilines is 1. The van der Waals surface area contributed by atoms with Crippen LogP contribution in [0.2, 0.25) is 0 Å². The van der Waals surface area contributed by atoms with Crippen molar-refractivity contribution in [2.24, 2.45) is 4.99 Å². The molecule has 1 aliphatic rings. The van der Waals surface area contributed by atoms with Gasteiger partial charge in [-0.05, 0) is 61.7 Å². The van der Waals surface area contributed by atoms with E-state index in [1.165, 1.54) is 28.0 Å². The quantitative estimate of drug-likeness (QED) is 0.524. The molecule has 2 aromatic carbocycles. The standard InChI is InChI=1S/C26H27N3/c1-4-29(5-2)23-12-10-22(11-13-23)26-24(20-8-6-19(3)7-9-20)18-25(28-26)21-14-16-27-17-15-21/h6-17H,4-5,18H2,1-3H3. The zero-order valence-corrected chi connectivity index (χ0v) is 17.4. The van der Waals surface area contributed by atoms with E-state index in [-0.39, 0.29) is 0 Å². The second-order valence-corrected chi connectivity index (χ2v) is 7.38. The summed E-state index contributed by atoms with van der Waals surface area (Å²) in [6.07, 6.45) is 4.50. The monoisotopic (exact) mass is 381 g/mol. The number of aliphatic imine (C=N–C) groups is 1. The minimum Gasteiger partial charge on any atom is -0.372 e. The third kappa shape index (κ3) is 4.00. The number of hydrogen-bond donors (Lipinski definition) is 0. The highest BCUT2D eigenvalue weighted by Crippen LogP contribution is 2.37. The van der Waals surface area contributed by atoms with E-state index in [4.69, 9.17) is 4.99 Å². The lowest BCUT2D eigenvalue weighted by atomic mass is 9.95. The second-order valence-electron chi connectivity index (χ2n) is 7.38. The summed E-state index contributed by atoms with van der Waals surface area (Å²) >= 11 is 0. The molecule has 1 aliphatic heterocycles. The van der Waals surface area contributed by atoms with Crippen molar-refractivity contribution in [3.8, 4) is 0 Å². The molecular formula is C26H27N3. The first-order chi connectivity index (χ1) is 14.2. The SMILES string of the molecule is CCN(CC)c1ccc(C2=C(c3ccc(C)cc3)CC(c3ccncc3)=N2)cc1. The molecule has 1 aromatic heterocycles. The summed E-state index contributed by atoms with van der Waals surface area (Å²) in [6, 6.07) is 21.7. The number of hydrogen-bond acceptors (Lipinski definition) is 3. The van der Waals surface area contributed by atoms with Gasteiger partial charge in [-0.1, -0.05) is 42.0 Å². The van der Waals surface area contributed by atoms with Gasteiger partial charge in [0, 0.05) is 43.2 Å². The Balaban J connectivity index is 1.76. The van der Waals surface area contributed by atoms with E-state index < -0.39 is 0 Å². The Labute approximate surface area is 173 Å². The van der Waals surface area contributed by atoms with Crippen LogP contribution in [0.4, 0.5) is 5.69 Å². The Morgan fingerprint density at radius 2 is 1.38 bits per heavy atom. The van der Waals surface area contributed by atoms with Crippen molar-refractivity contribution in [2.75, 3.05) is 18.0 Å². The van der Waals surface area contributed by atoms with Crippen LogP contribution in [0.25, 0.3) is 11.3 Å². The van der Waals surface area contributed by atoms with Gasteiger partial charge in [0.1, 0.15) is 0 Å². The van der Waals surface area contributed by atoms with Crippen LogP contribution in [0.15, 0.2) is 78.0 Å². The fourth-order valence-electron chi connectivity index (χ4n) is 3.86. The normalized spacial score (nSPS) is 13.6. The summed E-state index contributed by atoms with van der Waals surface area (Å²) in [5, 5.41) is 0. The molecule has 29 heavy (non-hydrogen) atoms. The predicted molar refractivity (Wildman–Crippen MR) is 123 cm³/mol. The molecule has 0 radical (unpaired) electrons. The maximum absolute atomic E-state index is 5.08. The van der Waals surface area contributed by atoms with E-state index in [0.717, 1.165) is 36.5 Å². The average molecular weight is 382 g/mol. The summed E-state index contributed by atoms with van der Waals surface area (Å²) in [4.78, 5) is 11.6. The number of rotatable bonds is 6. The summed E-state index contributed by atoms with van der Waals surface area (Å²) in [5.41, 5.74) is 9.54. The summed E-state index contributed by atoms with van der Waals surface area (Å²) < 4.78 is 0.